The van der Waals surface area contributed by atoms with Gasteiger partial charge in [-0.15, -0.1) is 0 Å². The second-order valence-corrected chi connectivity index (χ2v) is 13.3. The van der Waals surface area contributed by atoms with Crippen LogP contribution in [0.4, 0.5) is 0 Å². The van der Waals surface area contributed by atoms with Gasteiger partial charge < -0.3 is 0 Å². The van der Waals surface area contributed by atoms with E-state index in [9.17, 15) is 12.6 Å². The van der Waals surface area contributed by atoms with E-state index in [1.54, 1.807) is 12.1 Å². The van der Waals surface area contributed by atoms with Crippen LogP contribution in [0.1, 0.15) is 50.6 Å². The van der Waals surface area contributed by atoms with Crippen LogP contribution in [0.25, 0.3) is 0 Å². The van der Waals surface area contributed by atoms with Crippen molar-refractivity contribution in [1.82, 2.24) is 10.2 Å². The van der Waals surface area contributed by atoms with E-state index in [2.05, 4.69) is 17.1 Å². The summed E-state index contributed by atoms with van der Waals surface area (Å²) in [4.78, 5) is 2.78. The van der Waals surface area contributed by atoms with Crippen molar-refractivity contribution in [3.05, 3.63) is 29.8 Å². The summed E-state index contributed by atoms with van der Waals surface area (Å²) < 4.78 is 36.6. The Morgan fingerprint density at radius 2 is 1.97 bits per heavy atom. The van der Waals surface area contributed by atoms with Crippen LogP contribution >= 0.6 is 11.8 Å². The van der Waals surface area contributed by atoms with E-state index >= 15 is 0 Å². The van der Waals surface area contributed by atoms with Gasteiger partial charge in [-0.25, -0.2) is 8.42 Å². The SMILES string of the molecule is CCCCCN1CC(c2ccc(S(C)(=O)=O)cc2)NC(S(=O)CC2CCCS2)C1. The Labute approximate surface area is 182 Å². The van der Waals surface area contributed by atoms with Crippen molar-refractivity contribution in [1.29, 1.82) is 0 Å². The lowest BCUT2D eigenvalue weighted by Crippen LogP contribution is -2.54. The van der Waals surface area contributed by atoms with E-state index in [0.717, 1.165) is 37.4 Å². The molecule has 0 amide bonds. The van der Waals surface area contributed by atoms with Gasteiger partial charge in [0.25, 0.3) is 0 Å². The molecule has 4 atom stereocenters. The fraction of sp³-hybridized carbons (Fsp3) is 0.714. The van der Waals surface area contributed by atoms with Crippen molar-refractivity contribution in [3.8, 4) is 0 Å². The van der Waals surface area contributed by atoms with Gasteiger partial charge in [-0.05, 0) is 49.3 Å². The minimum atomic E-state index is -3.20. The summed E-state index contributed by atoms with van der Waals surface area (Å²) >= 11 is 1.96. The van der Waals surface area contributed by atoms with Gasteiger partial charge in [0.1, 0.15) is 0 Å². The van der Waals surface area contributed by atoms with Crippen LogP contribution in [-0.2, 0) is 20.6 Å². The van der Waals surface area contributed by atoms with Crippen LogP contribution in [-0.4, -0.2) is 65.5 Å². The van der Waals surface area contributed by atoms with E-state index < -0.39 is 20.6 Å². The number of nitrogens with one attached hydrogen (secondary N) is 1. The Hall–Kier alpha value is -0.410. The minimum absolute atomic E-state index is 0.0360. The first-order chi connectivity index (χ1) is 13.9. The number of unbranched alkanes of at least 4 members (excludes halogenated alkanes) is 2. The number of hydrogen-bond donors (Lipinski definition) is 1. The highest BCUT2D eigenvalue weighted by Crippen LogP contribution is 2.28. The van der Waals surface area contributed by atoms with Crippen LogP contribution in [0.15, 0.2) is 29.2 Å². The first-order valence-corrected chi connectivity index (χ1v) is 15.0. The summed E-state index contributed by atoms with van der Waals surface area (Å²) in [5.74, 6) is 1.96. The Balaban J connectivity index is 1.71. The summed E-state index contributed by atoms with van der Waals surface area (Å²) in [5.41, 5.74) is 1.06. The second kappa shape index (κ2) is 10.8. The molecule has 2 fully saturated rings. The second-order valence-electron chi connectivity index (χ2n) is 8.20. The molecule has 0 spiro atoms. The lowest BCUT2D eigenvalue weighted by molar-refractivity contribution is 0.185. The van der Waals surface area contributed by atoms with E-state index in [0.29, 0.717) is 10.1 Å². The average molecular weight is 459 g/mol. The van der Waals surface area contributed by atoms with Gasteiger partial charge in [0, 0.05) is 47.2 Å². The van der Waals surface area contributed by atoms with Gasteiger partial charge >= 0.3 is 0 Å². The zero-order valence-corrected chi connectivity index (χ0v) is 20.0. The molecule has 3 rings (SSSR count). The molecule has 2 aliphatic heterocycles. The number of thioether (sulfide) groups is 1. The summed E-state index contributed by atoms with van der Waals surface area (Å²) in [6.45, 7) is 4.93. The van der Waals surface area contributed by atoms with Gasteiger partial charge in [-0.3, -0.25) is 14.4 Å². The summed E-state index contributed by atoms with van der Waals surface area (Å²) in [5, 5.41) is 4.11. The zero-order chi connectivity index (χ0) is 20.9. The predicted molar refractivity (Wildman–Crippen MR) is 124 cm³/mol. The molecular formula is C21H34N2O3S3. The normalized spacial score (nSPS) is 27.2. The molecule has 8 heteroatoms. The molecule has 1 aromatic rings. The van der Waals surface area contributed by atoms with Gasteiger partial charge in [0.05, 0.1) is 10.3 Å². The van der Waals surface area contributed by atoms with Crippen LogP contribution in [0.2, 0.25) is 0 Å². The maximum atomic E-state index is 13.1. The van der Waals surface area contributed by atoms with E-state index in [4.69, 9.17) is 0 Å². The Morgan fingerprint density at radius 3 is 2.59 bits per heavy atom. The Kier molecular flexibility index (Phi) is 8.62. The number of rotatable bonds is 9. The molecule has 1 aromatic carbocycles. The number of piperazine rings is 1. The van der Waals surface area contributed by atoms with Crippen LogP contribution < -0.4 is 5.32 Å². The number of sulfone groups is 1. The van der Waals surface area contributed by atoms with Crippen molar-refractivity contribution in [2.24, 2.45) is 0 Å². The highest BCUT2D eigenvalue weighted by atomic mass is 32.2. The quantitative estimate of drug-likeness (QED) is 0.573. The van der Waals surface area contributed by atoms with E-state index in [1.165, 1.54) is 37.7 Å². The van der Waals surface area contributed by atoms with Crippen LogP contribution in [0.5, 0.6) is 0 Å². The standard InChI is InChI=1S/C21H34N2O3S3/c1-3-4-5-12-23-14-20(17-8-10-19(11-9-17)29(2,25)26)22-21(15-23)28(24)16-18-7-6-13-27-18/h8-11,18,20-22H,3-7,12-16H2,1-2H3. The third kappa shape index (κ3) is 6.79. The van der Waals surface area contributed by atoms with Crippen molar-refractivity contribution in [2.75, 3.05) is 37.4 Å². The molecule has 0 saturated carbocycles. The molecular weight excluding hydrogens is 424 g/mol. The minimum Gasteiger partial charge on any atom is -0.299 e. The number of nitrogens with zero attached hydrogens (tertiary/aromatic N) is 1. The smallest absolute Gasteiger partial charge is 0.175 e. The third-order valence-corrected chi connectivity index (χ3v) is 10.1. The molecule has 2 saturated heterocycles. The highest BCUT2D eigenvalue weighted by Gasteiger charge is 2.32. The van der Waals surface area contributed by atoms with Crippen LogP contribution in [0, 0.1) is 0 Å². The number of benzene rings is 1. The molecule has 0 radical (unpaired) electrons. The van der Waals surface area contributed by atoms with Crippen molar-refractivity contribution < 1.29 is 12.6 Å². The summed E-state index contributed by atoms with van der Waals surface area (Å²) in [6.07, 6.45) is 7.22. The predicted octanol–water partition coefficient (Wildman–Crippen LogP) is 3.20. The molecule has 0 bridgehead atoms. The summed E-state index contributed by atoms with van der Waals surface area (Å²) in [6, 6.07) is 7.24. The third-order valence-electron chi connectivity index (χ3n) is 5.73. The van der Waals surface area contributed by atoms with Gasteiger partial charge in [0.2, 0.25) is 0 Å². The highest BCUT2D eigenvalue weighted by molar-refractivity contribution is 8.01. The molecule has 5 nitrogen and oxygen atoms in total. The van der Waals surface area contributed by atoms with Crippen molar-refractivity contribution in [3.63, 3.8) is 0 Å². The maximum absolute atomic E-state index is 13.1. The van der Waals surface area contributed by atoms with Gasteiger partial charge in [0.15, 0.2) is 9.84 Å². The average Bonchev–Trinajstić information content (AvgIpc) is 3.20. The summed E-state index contributed by atoms with van der Waals surface area (Å²) in [7, 11) is -4.10. The monoisotopic (exact) mass is 458 g/mol. The molecule has 0 aromatic heterocycles. The largest absolute Gasteiger partial charge is 0.299 e. The maximum Gasteiger partial charge on any atom is 0.175 e. The lowest BCUT2D eigenvalue weighted by Gasteiger charge is -2.39. The molecule has 0 aliphatic carbocycles. The molecule has 29 heavy (non-hydrogen) atoms. The molecule has 1 N–H and O–H groups in total. The zero-order valence-electron chi connectivity index (χ0n) is 17.5. The van der Waals surface area contributed by atoms with E-state index in [-0.39, 0.29) is 11.4 Å². The first-order valence-electron chi connectivity index (χ1n) is 10.6. The molecule has 4 unspecified atom stereocenters. The van der Waals surface area contributed by atoms with Crippen molar-refractivity contribution in [2.45, 2.75) is 60.6 Å². The van der Waals surface area contributed by atoms with Crippen LogP contribution in [0.3, 0.4) is 0 Å². The molecule has 164 valence electrons. The fourth-order valence-corrected chi connectivity index (χ4v) is 7.92. The molecule has 2 aliphatic rings. The van der Waals surface area contributed by atoms with Gasteiger partial charge in [-0.1, -0.05) is 31.9 Å². The molecule has 2 heterocycles. The fourth-order valence-electron chi connectivity index (χ4n) is 4.05. The number of hydrogen-bond acceptors (Lipinski definition) is 6. The van der Waals surface area contributed by atoms with Gasteiger partial charge in [-0.2, -0.15) is 11.8 Å². The van der Waals surface area contributed by atoms with E-state index in [1.807, 2.05) is 23.9 Å². The lowest BCUT2D eigenvalue weighted by atomic mass is 10.0. The Morgan fingerprint density at radius 1 is 1.21 bits per heavy atom. The first kappa shape index (κ1) is 23.3. The topological polar surface area (TPSA) is 66.5 Å². The Bertz CT molecular complexity index is 777. The van der Waals surface area contributed by atoms with Crippen molar-refractivity contribution >= 4 is 32.4 Å².